The lowest BCUT2D eigenvalue weighted by atomic mass is 9.73. The third kappa shape index (κ3) is 2.46. The Morgan fingerprint density at radius 2 is 1.80 bits per heavy atom. The highest BCUT2D eigenvalue weighted by Gasteiger charge is 2.43. The van der Waals surface area contributed by atoms with E-state index in [0.717, 1.165) is 23.2 Å². The molecule has 0 bridgehead atoms. The SMILES string of the molecule is O=C(O)c1cccc(Br)c1N1CC2(CCCCCC2)C1. The number of hydrogen-bond donors (Lipinski definition) is 1. The lowest BCUT2D eigenvalue weighted by molar-refractivity contribution is 0.0696. The van der Waals surface area contributed by atoms with Crippen molar-refractivity contribution in [3.05, 3.63) is 28.2 Å². The zero-order valence-corrected chi connectivity index (χ0v) is 13.2. The zero-order valence-electron chi connectivity index (χ0n) is 11.6. The molecule has 0 atom stereocenters. The zero-order chi connectivity index (χ0) is 14.2. The van der Waals surface area contributed by atoms with Crippen molar-refractivity contribution in [2.45, 2.75) is 38.5 Å². The van der Waals surface area contributed by atoms with Crippen LogP contribution in [0.25, 0.3) is 0 Å². The number of benzene rings is 1. The van der Waals surface area contributed by atoms with E-state index in [1.54, 1.807) is 12.1 Å². The van der Waals surface area contributed by atoms with Gasteiger partial charge in [-0.2, -0.15) is 0 Å². The van der Waals surface area contributed by atoms with Gasteiger partial charge in [0.05, 0.1) is 11.3 Å². The van der Waals surface area contributed by atoms with Gasteiger partial charge in [0.15, 0.2) is 0 Å². The Kier molecular flexibility index (Phi) is 3.76. The Bertz CT molecular complexity index is 513. The van der Waals surface area contributed by atoms with Gasteiger partial charge in [-0.1, -0.05) is 31.7 Å². The normalized spacial score (nSPS) is 21.4. The highest BCUT2D eigenvalue weighted by molar-refractivity contribution is 9.10. The van der Waals surface area contributed by atoms with E-state index in [4.69, 9.17) is 0 Å². The van der Waals surface area contributed by atoms with Crippen molar-refractivity contribution in [1.82, 2.24) is 0 Å². The largest absolute Gasteiger partial charge is 0.478 e. The lowest BCUT2D eigenvalue weighted by Crippen LogP contribution is -2.56. The number of carbonyl (C=O) groups is 1. The number of carboxylic acids is 1. The van der Waals surface area contributed by atoms with Crippen molar-refractivity contribution in [3.8, 4) is 0 Å². The van der Waals surface area contributed by atoms with Crippen LogP contribution >= 0.6 is 15.9 Å². The van der Waals surface area contributed by atoms with E-state index >= 15 is 0 Å². The van der Waals surface area contributed by atoms with E-state index in [9.17, 15) is 9.90 Å². The van der Waals surface area contributed by atoms with Gasteiger partial charge in [0.25, 0.3) is 0 Å². The van der Waals surface area contributed by atoms with Gasteiger partial charge in [-0.05, 0) is 40.9 Å². The molecule has 1 saturated carbocycles. The average molecular weight is 338 g/mol. The Hall–Kier alpha value is -1.03. The van der Waals surface area contributed by atoms with Crippen molar-refractivity contribution in [2.24, 2.45) is 5.41 Å². The number of carboxylic acid groups (broad SMARTS) is 1. The standard InChI is InChI=1S/C16H20BrNO2/c17-13-7-5-6-12(15(19)20)14(13)18-10-16(11-18)8-3-1-2-4-9-16/h5-7H,1-4,8-11H2,(H,19,20). The summed E-state index contributed by atoms with van der Waals surface area (Å²) in [4.78, 5) is 13.6. The molecule has 1 saturated heterocycles. The van der Waals surface area contributed by atoms with Crippen LogP contribution in [-0.4, -0.2) is 24.2 Å². The van der Waals surface area contributed by atoms with E-state index in [2.05, 4.69) is 20.8 Å². The highest BCUT2D eigenvalue weighted by atomic mass is 79.9. The van der Waals surface area contributed by atoms with Crippen molar-refractivity contribution in [2.75, 3.05) is 18.0 Å². The Balaban J connectivity index is 1.81. The van der Waals surface area contributed by atoms with Crippen LogP contribution in [-0.2, 0) is 0 Å². The molecule has 4 heteroatoms. The molecule has 1 aliphatic heterocycles. The van der Waals surface area contributed by atoms with Gasteiger partial charge in [-0.3, -0.25) is 0 Å². The van der Waals surface area contributed by atoms with Crippen LogP contribution in [0.2, 0.25) is 0 Å². The summed E-state index contributed by atoms with van der Waals surface area (Å²) in [7, 11) is 0. The molecule has 20 heavy (non-hydrogen) atoms. The molecule has 1 N–H and O–H groups in total. The third-order valence-corrected chi connectivity index (χ3v) is 5.39. The van der Waals surface area contributed by atoms with Gasteiger partial charge in [0.2, 0.25) is 0 Å². The first-order valence-corrected chi connectivity index (χ1v) is 8.17. The molecular formula is C16H20BrNO2. The predicted molar refractivity (Wildman–Crippen MR) is 83.4 cm³/mol. The molecule has 2 fully saturated rings. The number of hydrogen-bond acceptors (Lipinski definition) is 2. The van der Waals surface area contributed by atoms with Crippen molar-refractivity contribution >= 4 is 27.6 Å². The van der Waals surface area contributed by atoms with Gasteiger partial charge in [0.1, 0.15) is 0 Å². The number of para-hydroxylation sites is 1. The summed E-state index contributed by atoms with van der Waals surface area (Å²) in [6, 6.07) is 5.42. The first-order chi connectivity index (χ1) is 9.61. The Morgan fingerprint density at radius 3 is 2.40 bits per heavy atom. The molecule has 0 unspecified atom stereocenters. The van der Waals surface area contributed by atoms with Crippen LogP contribution in [0.1, 0.15) is 48.9 Å². The van der Waals surface area contributed by atoms with Gasteiger partial charge < -0.3 is 10.0 Å². The maximum Gasteiger partial charge on any atom is 0.337 e. The van der Waals surface area contributed by atoms with E-state index in [1.807, 2.05) is 6.07 Å². The molecule has 0 amide bonds. The quantitative estimate of drug-likeness (QED) is 0.874. The average Bonchev–Trinajstić information content (AvgIpc) is 2.62. The minimum atomic E-state index is -0.844. The topological polar surface area (TPSA) is 40.5 Å². The van der Waals surface area contributed by atoms with E-state index in [-0.39, 0.29) is 0 Å². The lowest BCUT2D eigenvalue weighted by Gasteiger charge is -2.52. The highest BCUT2D eigenvalue weighted by Crippen LogP contribution is 2.46. The number of halogens is 1. The molecule has 1 aliphatic carbocycles. The summed E-state index contributed by atoms with van der Waals surface area (Å²) in [5.74, 6) is -0.844. The Morgan fingerprint density at radius 1 is 1.15 bits per heavy atom. The molecule has 0 aromatic heterocycles. The fourth-order valence-corrected chi connectivity index (χ4v) is 4.34. The van der Waals surface area contributed by atoms with Crippen molar-refractivity contribution in [1.29, 1.82) is 0 Å². The van der Waals surface area contributed by atoms with E-state index < -0.39 is 5.97 Å². The minimum absolute atomic E-state index is 0.405. The first-order valence-electron chi connectivity index (χ1n) is 7.38. The second kappa shape index (κ2) is 5.40. The van der Waals surface area contributed by atoms with Gasteiger partial charge in [-0.15, -0.1) is 0 Å². The maximum absolute atomic E-state index is 11.4. The smallest absolute Gasteiger partial charge is 0.337 e. The fourth-order valence-electron chi connectivity index (χ4n) is 3.73. The second-order valence-electron chi connectivity index (χ2n) is 6.21. The molecule has 108 valence electrons. The number of aromatic carboxylic acids is 1. The first kappa shape index (κ1) is 13.9. The van der Waals surface area contributed by atoms with E-state index in [0.29, 0.717) is 11.0 Å². The van der Waals surface area contributed by atoms with Crippen LogP contribution in [0.15, 0.2) is 22.7 Å². The molecule has 1 heterocycles. The van der Waals surface area contributed by atoms with E-state index in [1.165, 1.54) is 38.5 Å². The molecular weight excluding hydrogens is 318 g/mol. The molecule has 2 aliphatic rings. The van der Waals surface area contributed by atoms with Crippen LogP contribution in [0.3, 0.4) is 0 Å². The summed E-state index contributed by atoms with van der Waals surface area (Å²) in [5.41, 5.74) is 1.71. The summed E-state index contributed by atoms with van der Waals surface area (Å²) >= 11 is 3.51. The molecule has 3 nitrogen and oxygen atoms in total. The van der Waals surface area contributed by atoms with Crippen LogP contribution in [0.4, 0.5) is 5.69 Å². The summed E-state index contributed by atoms with van der Waals surface area (Å²) in [6.45, 7) is 2.02. The van der Waals surface area contributed by atoms with Gasteiger partial charge >= 0.3 is 5.97 Å². The fraction of sp³-hybridized carbons (Fsp3) is 0.562. The second-order valence-corrected chi connectivity index (χ2v) is 7.07. The molecule has 1 aromatic rings. The minimum Gasteiger partial charge on any atom is -0.478 e. The number of rotatable bonds is 2. The summed E-state index contributed by atoms with van der Waals surface area (Å²) in [6.07, 6.45) is 7.98. The summed E-state index contributed by atoms with van der Waals surface area (Å²) in [5, 5.41) is 9.36. The predicted octanol–water partition coefficient (Wildman–Crippen LogP) is 4.31. The molecule has 1 aromatic carbocycles. The molecule has 0 radical (unpaired) electrons. The maximum atomic E-state index is 11.4. The molecule has 1 spiro atoms. The third-order valence-electron chi connectivity index (χ3n) is 4.75. The van der Waals surface area contributed by atoms with Crippen LogP contribution in [0.5, 0.6) is 0 Å². The molecule has 3 rings (SSSR count). The van der Waals surface area contributed by atoms with Crippen LogP contribution in [0, 0.1) is 5.41 Å². The van der Waals surface area contributed by atoms with Crippen molar-refractivity contribution < 1.29 is 9.90 Å². The monoisotopic (exact) mass is 337 g/mol. The number of anilines is 1. The van der Waals surface area contributed by atoms with Gasteiger partial charge in [-0.25, -0.2) is 4.79 Å². The number of nitrogens with zero attached hydrogens (tertiary/aromatic N) is 1. The van der Waals surface area contributed by atoms with Crippen LogP contribution < -0.4 is 4.90 Å². The van der Waals surface area contributed by atoms with Crippen molar-refractivity contribution in [3.63, 3.8) is 0 Å². The Labute approximate surface area is 128 Å². The summed E-state index contributed by atoms with van der Waals surface area (Å²) < 4.78 is 0.890. The van der Waals surface area contributed by atoms with Gasteiger partial charge in [0, 0.05) is 23.0 Å².